The number of hydrogen-bond acceptors (Lipinski definition) is 7. The number of nitrogen functional groups attached to an aromatic ring is 1. The van der Waals surface area contributed by atoms with Gasteiger partial charge in [-0.2, -0.15) is 10.4 Å². The zero-order valence-corrected chi connectivity index (χ0v) is 21.4. The molecule has 0 radical (unpaired) electrons. The van der Waals surface area contributed by atoms with Crippen LogP contribution in [0.4, 0.5) is 10.6 Å². The molecule has 0 atom stereocenters. The third-order valence-electron chi connectivity index (χ3n) is 6.62. The van der Waals surface area contributed by atoms with Gasteiger partial charge in [-0.25, -0.2) is 9.48 Å². The van der Waals surface area contributed by atoms with Crippen LogP contribution < -0.4 is 11.1 Å². The SMILES string of the molecule is CC1(C)OB(C(=Cc2ccc(-n3ncc(C#N)c3N)cc2)CNC(=O)OCc2ccccc2)OC1(C)C. The molecule has 1 aromatic heterocycles. The molecule has 1 saturated heterocycles. The Kier molecular flexibility index (Phi) is 7.39. The lowest BCUT2D eigenvalue weighted by atomic mass is 9.77. The molecule has 3 aromatic rings. The van der Waals surface area contributed by atoms with E-state index in [0.717, 1.165) is 22.3 Å². The minimum atomic E-state index is -0.654. The fraction of sp³-hybridized carbons (Fsp3) is 0.296. The molecule has 190 valence electrons. The van der Waals surface area contributed by atoms with Crippen LogP contribution in [0.5, 0.6) is 0 Å². The van der Waals surface area contributed by atoms with Crippen LogP contribution in [0.2, 0.25) is 0 Å². The quantitative estimate of drug-likeness (QED) is 0.466. The number of benzene rings is 2. The van der Waals surface area contributed by atoms with E-state index in [2.05, 4.69) is 10.4 Å². The lowest BCUT2D eigenvalue weighted by molar-refractivity contribution is 0.00578. The number of nitrogens with zero attached hydrogens (tertiary/aromatic N) is 3. The van der Waals surface area contributed by atoms with E-state index in [-0.39, 0.29) is 19.0 Å². The summed E-state index contributed by atoms with van der Waals surface area (Å²) in [6.45, 7) is 8.25. The van der Waals surface area contributed by atoms with E-state index in [1.165, 1.54) is 10.9 Å². The number of alkyl carbamates (subject to hydrolysis) is 1. The minimum absolute atomic E-state index is 0.170. The number of carbonyl (C=O) groups excluding carboxylic acids is 1. The summed E-state index contributed by atoms with van der Waals surface area (Å²) < 4.78 is 19.3. The first-order valence-electron chi connectivity index (χ1n) is 11.9. The lowest BCUT2D eigenvalue weighted by Gasteiger charge is -2.32. The van der Waals surface area contributed by atoms with E-state index in [0.29, 0.717) is 5.56 Å². The highest BCUT2D eigenvalue weighted by atomic mass is 16.7. The number of nitrogens with two attached hydrogens (primary N) is 1. The summed E-state index contributed by atoms with van der Waals surface area (Å²) in [5.74, 6) is 0.280. The second-order valence-corrected chi connectivity index (χ2v) is 9.78. The molecule has 0 aliphatic carbocycles. The van der Waals surface area contributed by atoms with Gasteiger partial charge in [0.25, 0.3) is 0 Å². The average molecular weight is 499 g/mol. The monoisotopic (exact) mass is 499 g/mol. The smallest absolute Gasteiger partial charge is 0.445 e. The number of hydrogen-bond donors (Lipinski definition) is 2. The van der Waals surface area contributed by atoms with Crippen molar-refractivity contribution in [1.29, 1.82) is 5.26 Å². The van der Waals surface area contributed by atoms with Gasteiger partial charge in [0.1, 0.15) is 24.1 Å². The lowest BCUT2D eigenvalue weighted by Crippen LogP contribution is -2.41. The first-order valence-corrected chi connectivity index (χ1v) is 11.9. The molecule has 0 spiro atoms. The summed E-state index contributed by atoms with van der Waals surface area (Å²) in [7, 11) is -0.654. The third kappa shape index (κ3) is 5.85. The number of carbonyl (C=O) groups is 1. The van der Waals surface area contributed by atoms with E-state index in [4.69, 9.17) is 25.0 Å². The van der Waals surface area contributed by atoms with Crippen molar-refractivity contribution in [2.45, 2.75) is 45.5 Å². The van der Waals surface area contributed by atoms with Crippen LogP contribution in [0.25, 0.3) is 11.8 Å². The number of nitrogens with one attached hydrogen (secondary N) is 1. The molecule has 2 heterocycles. The second kappa shape index (κ2) is 10.5. The molecule has 2 aromatic carbocycles. The highest BCUT2D eigenvalue weighted by Crippen LogP contribution is 2.38. The second-order valence-electron chi connectivity index (χ2n) is 9.78. The summed E-state index contributed by atoms with van der Waals surface area (Å²) in [5, 5.41) is 16.1. The largest absolute Gasteiger partial charge is 0.492 e. The van der Waals surface area contributed by atoms with Crippen molar-refractivity contribution in [1.82, 2.24) is 15.1 Å². The van der Waals surface area contributed by atoms with Crippen molar-refractivity contribution >= 4 is 25.1 Å². The predicted molar refractivity (Wildman–Crippen MR) is 141 cm³/mol. The maximum atomic E-state index is 12.4. The van der Waals surface area contributed by atoms with Gasteiger partial charge in [0.05, 0.1) is 23.1 Å². The van der Waals surface area contributed by atoms with Crippen LogP contribution in [0.1, 0.15) is 44.4 Å². The van der Waals surface area contributed by atoms with Gasteiger partial charge < -0.3 is 25.1 Å². The third-order valence-corrected chi connectivity index (χ3v) is 6.62. The van der Waals surface area contributed by atoms with Gasteiger partial charge in [0, 0.05) is 6.54 Å². The Balaban J connectivity index is 1.51. The topological polar surface area (TPSA) is 124 Å². The molecule has 9 nitrogen and oxygen atoms in total. The molecular formula is C27H30BN5O4. The summed E-state index contributed by atoms with van der Waals surface area (Å²) >= 11 is 0. The fourth-order valence-corrected chi connectivity index (χ4v) is 3.72. The first kappa shape index (κ1) is 26.0. The van der Waals surface area contributed by atoms with Crippen LogP contribution in [0, 0.1) is 11.3 Å². The van der Waals surface area contributed by atoms with E-state index in [1.54, 1.807) is 0 Å². The van der Waals surface area contributed by atoms with E-state index < -0.39 is 24.4 Å². The minimum Gasteiger partial charge on any atom is -0.445 e. The highest BCUT2D eigenvalue weighted by Gasteiger charge is 2.52. The Labute approximate surface area is 217 Å². The Morgan fingerprint density at radius 1 is 1.14 bits per heavy atom. The fourth-order valence-electron chi connectivity index (χ4n) is 3.72. The maximum absolute atomic E-state index is 12.4. The number of ether oxygens (including phenoxy) is 1. The summed E-state index contributed by atoms with van der Waals surface area (Å²) in [5.41, 5.74) is 8.46. The van der Waals surface area contributed by atoms with Crippen molar-refractivity contribution in [3.63, 3.8) is 0 Å². The molecule has 3 N–H and O–H groups in total. The standard InChI is InChI=1S/C27H30BN5O4/c1-26(2)27(3,4)37-28(36-26)22(17-31-25(34)35-18-20-8-6-5-7-9-20)14-19-10-12-23(13-11-19)33-24(30)21(15-29)16-32-33/h5-14,16H,17-18,30H2,1-4H3,(H,31,34). The van der Waals surface area contributed by atoms with E-state index in [9.17, 15) is 4.79 Å². The Morgan fingerprint density at radius 2 is 1.78 bits per heavy atom. The van der Waals surface area contributed by atoms with E-state index in [1.807, 2.05) is 94.4 Å². The van der Waals surface area contributed by atoms with Gasteiger partial charge in [-0.1, -0.05) is 48.5 Å². The number of anilines is 1. The van der Waals surface area contributed by atoms with Gasteiger partial charge in [0.15, 0.2) is 0 Å². The zero-order valence-electron chi connectivity index (χ0n) is 21.4. The normalized spacial score (nSPS) is 16.3. The van der Waals surface area contributed by atoms with Crippen molar-refractivity contribution in [2.24, 2.45) is 0 Å². The van der Waals surface area contributed by atoms with Gasteiger partial charge in [-0.3, -0.25) is 0 Å². The van der Waals surface area contributed by atoms with Crippen LogP contribution >= 0.6 is 0 Å². The van der Waals surface area contributed by atoms with Crippen molar-refractivity contribution in [3.05, 3.63) is 83.0 Å². The molecule has 0 bridgehead atoms. The molecule has 0 saturated carbocycles. The molecule has 1 fully saturated rings. The number of amides is 1. The average Bonchev–Trinajstić information content (AvgIpc) is 3.35. The van der Waals surface area contributed by atoms with Crippen LogP contribution in [-0.2, 0) is 20.7 Å². The van der Waals surface area contributed by atoms with Gasteiger partial charge >= 0.3 is 13.2 Å². The van der Waals surface area contributed by atoms with Crippen LogP contribution in [0.15, 0.2) is 66.3 Å². The van der Waals surface area contributed by atoms with Crippen LogP contribution in [-0.4, -0.2) is 40.7 Å². The van der Waals surface area contributed by atoms with Crippen molar-refractivity contribution in [2.75, 3.05) is 12.3 Å². The highest BCUT2D eigenvalue weighted by molar-refractivity contribution is 6.56. The molecule has 0 unspecified atom stereocenters. The number of aromatic nitrogens is 2. The van der Waals surface area contributed by atoms with Crippen molar-refractivity contribution in [3.8, 4) is 11.8 Å². The zero-order chi connectivity index (χ0) is 26.6. The first-order chi connectivity index (χ1) is 17.6. The van der Waals surface area contributed by atoms with Gasteiger partial charge in [-0.15, -0.1) is 0 Å². The number of nitriles is 1. The Morgan fingerprint density at radius 3 is 2.38 bits per heavy atom. The molecule has 1 aliphatic rings. The van der Waals surface area contributed by atoms with Gasteiger partial charge in [0.2, 0.25) is 0 Å². The molecule has 37 heavy (non-hydrogen) atoms. The van der Waals surface area contributed by atoms with Crippen LogP contribution in [0.3, 0.4) is 0 Å². The van der Waals surface area contributed by atoms with Crippen molar-refractivity contribution < 1.29 is 18.8 Å². The molecule has 4 rings (SSSR count). The van der Waals surface area contributed by atoms with E-state index >= 15 is 0 Å². The van der Waals surface area contributed by atoms with Gasteiger partial charge in [-0.05, 0) is 56.4 Å². The summed E-state index contributed by atoms with van der Waals surface area (Å²) in [6.07, 6.45) is 2.81. The maximum Gasteiger partial charge on any atom is 0.492 e. The Bertz CT molecular complexity index is 1310. The summed E-state index contributed by atoms with van der Waals surface area (Å²) in [6, 6.07) is 19.0. The molecular weight excluding hydrogens is 469 g/mol. The number of rotatable bonds is 7. The Hall–Kier alpha value is -4.07. The predicted octanol–water partition coefficient (Wildman–Crippen LogP) is 4.27. The molecule has 1 amide bonds. The molecule has 10 heteroatoms. The molecule has 1 aliphatic heterocycles. The summed E-state index contributed by atoms with van der Waals surface area (Å²) in [4.78, 5) is 12.4.